The molecule has 0 aromatic rings. The third-order valence-corrected chi connectivity index (χ3v) is 9.16. The summed E-state index contributed by atoms with van der Waals surface area (Å²) in [6.07, 6.45) is 7.09. The molecule has 0 amide bonds. The molecule has 11 heavy (non-hydrogen) atoms. The van der Waals surface area contributed by atoms with Crippen LogP contribution in [0.3, 0.4) is 0 Å². The summed E-state index contributed by atoms with van der Waals surface area (Å²) < 4.78 is 4.12. The van der Waals surface area contributed by atoms with Crippen molar-refractivity contribution in [3.8, 4) is 15.4 Å². The van der Waals surface area contributed by atoms with Gasteiger partial charge in [-0.25, -0.2) is 0 Å². The zero-order valence-corrected chi connectivity index (χ0v) is 12.3. The van der Waals surface area contributed by atoms with Gasteiger partial charge in [-0.3, -0.25) is 0 Å². The molecule has 1 fully saturated rings. The van der Waals surface area contributed by atoms with E-state index in [1.54, 1.807) is 0 Å². The van der Waals surface area contributed by atoms with Crippen LogP contribution in [-0.2, 0) is 24.6 Å². The molecule has 1 aliphatic rings. The number of rotatable bonds is 1. The maximum atomic E-state index is 8.21. The molecular formula is C9H11HgN. The Balaban J connectivity index is 2.20. The first-order valence-corrected chi connectivity index (χ1v) is 10.2. The molecule has 54 valence electrons. The zero-order chi connectivity index (χ0) is 7.94. The summed E-state index contributed by atoms with van der Waals surface area (Å²) in [7, 11) is 0. The van der Waals surface area contributed by atoms with E-state index in [0.717, 1.165) is 3.43 Å². The van der Waals surface area contributed by atoms with E-state index in [0.29, 0.717) is 0 Å². The molecule has 0 unspecified atom stereocenters. The quantitative estimate of drug-likeness (QED) is 0.533. The van der Waals surface area contributed by atoms with Crippen LogP contribution in [0.4, 0.5) is 0 Å². The summed E-state index contributed by atoms with van der Waals surface area (Å²) in [4.78, 5) is 0. The Kier molecular flexibility index (Phi) is 4.63. The molecule has 1 aliphatic carbocycles. The summed E-state index contributed by atoms with van der Waals surface area (Å²) in [5.74, 6) is 2.55. The van der Waals surface area contributed by atoms with Gasteiger partial charge in [0.25, 0.3) is 0 Å². The van der Waals surface area contributed by atoms with Crippen molar-refractivity contribution in [1.82, 2.24) is 0 Å². The number of nitrogens with zero attached hydrogens (tertiary/aromatic N) is 1. The third-order valence-electron chi connectivity index (χ3n) is 2.26. The van der Waals surface area contributed by atoms with Crippen LogP contribution in [0.1, 0.15) is 32.1 Å². The molecule has 1 rings (SSSR count). The minimum absolute atomic E-state index is 0.929. The van der Waals surface area contributed by atoms with Crippen molar-refractivity contribution in [2.24, 2.45) is 0 Å². The second-order valence-corrected chi connectivity index (χ2v) is 10.6. The zero-order valence-electron chi connectivity index (χ0n) is 6.77. The van der Waals surface area contributed by atoms with Gasteiger partial charge in [0.15, 0.2) is 0 Å². The number of nitriles is 1. The normalized spacial score (nSPS) is 17.4. The van der Waals surface area contributed by atoms with E-state index in [1.807, 2.05) is 6.07 Å². The van der Waals surface area contributed by atoms with Gasteiger partial charge in [-0.15, -0.1) is 0 Å². The maximum absolute atomic E-state index is 8.21. The van der Waals surface area contributed by atoms with E-state index in [9.17, 15) is 0 Å². The Bertz CT molecular complexity index is 200. The molecular weight excluding hydrogens is 323 g/mol. The molecule has 0 N–H and O–H groups in total. The second kappa shape index (κ2) is 5.61. The van der Waals surface area contributed by atoms with Gasteiger partial charge in [-0.05, 0) is 0 Å². The first-order valence-electron chi connectivity index (χ1n) is 4.30. The molecule has 1 nitrogen and oxygen atoms in total. The van der Waals surface area contributed by atoms with E-state index >= 15 is 0 Å². The van der Waals surface area contributed by atoms with Crippen molar-refractivity contribution in [2.75, 3.05) is 0 Å². The first-order chi connectivity index (χ1) is 5.43. The van der Waals surface area contributed by atoms with Crippen LogP contribution in [-0.4, -0.2) is 0 Å². The van der Waals surface area contributed by atoms with Crippen LogP contribution in [0.25, 0.3) is 0 Å². The van der Waals surface area contributed by atoms with Gasteiger partial charge in [0.05, 0.1) is 0 Å². The number of hydrogen-bond donors (Lipinski definition) is 0. The molecule has 0 saturated heterocycles. The molecule has 0 spiro atoms. The molecule has 0 aromatic heterocycles. The molecule has 0 aliphatic heterocycles. The Morgan fingerprint density at radius 2 is 1.91 bits per heavy atom. The van der Waals surface area contributed by atoms with Crippen molar-refractivity contribution in [2.45, 2.75) is 35.5 Å². The average molecular weight is 334 g/mol. The summed E-state index contributed by atoms with van der Waals surface area (Å²) in [5.41, 5.74) is 0. The fourth-order valence-electron chi connectivity index (χ4n) is 1.63. The fraction of sp³-hybridized carbons (Fsp3) is 0.667. The van der Waals surface area contributed by atoms with Crippen LogP contribution in [0.5, 0.6) is 0 Å². The SMILES string of the molecule is N#CC#[C][Hg][CH]1CCCCC1. The van der Waals surface area contributed by atoms with Crippen LogP contribution in [0.2, 0.25) is 3.43 Å². The second-order valence-electron chi connectivity index (χ2n) is 3.12. The Morgan fingerprint density at radius 3 is 2.55 bits per heavy atom. The molecule has 1 saturated carbocycles. The predicted octanol–water partition coefficient (Wildman–Crippen LogP) is 2.31. The van der Waals surface area contributed by atoms with E-state index in [2.05, 4.69) is 9.35 Å². The van der Waals surface area contributed by atoms with E-state index in [-0.39, 0.29) is 0 Å². The van der Waals surface area contributed by atoms with Gasteiger partial charge in [0.2, 0.25) is 0 Å². The molecule has 0 aromatic carbocycles. The molecule has 0 heterocycles. The number of hydrogen-bond acceptors (Lipinski definition) is 1. The van der Waals surface area contributed by atoms with Gasteiger partial charge in [0.1, 0.15) is 0 Å². The topological polar surface area (TPSA) is 23.8 Å². The predicted molar refractivity (Wildman–Crippen MR) is 40.2 cm³/mol. The molecule has 0 atom stereocenters. The fourth-order valence-corrected chi connectivity index (χ4v) is 7.28. The standard InChI is InChI=1S/C6H11.C3N.Hg/c1-2-4-6-5-3-1;1-2-3-4;/h1H,2-6H2;;. The van der Waals surface area contributed by atoms with Gasteiger partial charge in [-0.1, -0.05) is 0 Å². The Hall–Kier alpha value is -0.0149. The molecule has 0 bridgehead atoms. The van der Waals surface area contributed by atoms with Gasteiger partial charge in [0, 0.05) is 0 Å². The van der Waals surface area contributed by atoms with Crippen molar-refractivity contribution in [3.05, 3.63) is 0 Å². The first kappa shape index (κ1) is 9.08. The summed E-state index contributed by atoms with van der Waals surface area (Å²) >= 11 is -0.929. The van der Waals surface area contributed by atoms with E-state index in [4.69, 9.17) is 5.26 Å². The Morgan fingerprint density at radius 1 is 1.18 bits per heavy atom. The summed E-state index contributed by atoms with van der Waals surface area (Å²) in [6, 6.07) is 1.90. The van der Waals surface area contributed by atoms with Gasteiger partial charge >= 0.3 is 80.8 Å². The Labute approximate surface area is 80.6 Å². The average Bonchev–Trinajstić information content (AvgIpc) is 2.07. The van der Waals surface area contributed by atoms with Crippen LogP contribution in [0, 0.1) is 20.7 Å². The van der Waals surface area contributed by atoms with E-state index < -0.39 is 24.6 Å². The van der Waals surface area contributed by atoms with Gasteiger partial charge in [-0.2, -0.15) is 0 Å². The van der Waals surface area contributed by atoms with Crippen molar-refractivity contribution in [1.29, 1.82) is 5.26 Å². The monoisotopic (exact) mass is 335 g/mol. The molecule has 2 heteroatoms. The van der Waals surface area contributed by atoms with Gasteiger partial charge < -0.3 is 0 Å². The van der Waals surface area contributed by atoms with E-state index in [1.165, 1.54) is 32.1 Å². The minimum atomic E-state index is -0.929. The van der Waals surface area contributed by atoms with Crippen LogP contribution < -0.4 is 0 Å². The third kappa shape index (κ3) is 3.78. The van der Waals surface area contributed by atoms with Crippen molar-refractivity contribution in [3.63, 3.8) is 0 Å². The van der Waals surface area contributed by atoms with Crippen molar-refractivity contribution >= 4 is 0 Å². The summed E-state index contributed by atoms with van der Waals surface area (Å²) in [5, 5.41) is 8.21. The molecule has 0 radical (unpaired) electrons. The van der Waals surface area contributed by atoms with Crippen molar-refractivity contribution < 1.29 is 24.6 Å². The summed E-state index contributed by atoms with van der Waals surface area (Å²) in [6.45, 7) is 0. The van der Waals surface area contributed by atoms with Crippen LogP contribution >= 0.6 is 0 Å². The van der Waals surface area contributed by atoms with Crippen LogP contribution in [0.15, 0.2) is 0 Å².